The average Bonchev–Trinajstić information content (AvgIpc) is 3.45. The van der Waals surface area contributed by atoms with E-state index in [-0.39, 0.29) is 41.5 Å². The summed E-state index contributed by atoms with van der Waals surface area (Å²) in [5.41, 5.74) is 2.24. The SMILES string of the molecule is CN=C(NCc1ccc(C)cc1OCCOC)NC1CC1c1c(F)cccc1F.I. The summed E-state index contributed by atoms with van der Waals surface area (Å²) < 4.78 is 38.8. The number of hydrogen-bond acceptors (Lipinski definition) is 3. The summed E-state index contributed by atoms with van der Waals surface area (Å²) in [6.07, 6.45) is 0.661. The van der Waals surface area contributed by atoms with E-state index in [1.807, 2.05) is 25.1 Å². The number of nitrogens with zero attached hydrogens (tertiary/aromatic N) is 1. The number of aliphatic imine (C=N–C) groups is 1. The number of nitrogens with one attached hydrogen (secondary N) is 2. The molecule has 0 saturated heterocycles. The van der Waals surface area contributed by atoms with Gasteiger partial charge >= 0.3 is 0 Å². The Kier molecular flexibility index (Phi) is 9.29. The molecule has 0 amide bonds. The van der Waals surface area contributed by atoms with Gasteiger partial charge in [-0.3, -0.25) is 4.99 Å². The second kappa shape index (κ2) is 11.5. The highest BCUT2D eigenvalue weighted by molar-refractivity contribution is 14.0. The summed E-state index contributed by atoms with van der Waals surface area (Å²) in [7, 11) is 3.30. The molecule has 2 atom stereocenters. The quantitative estimate of drug-likeness (QED) is 0.233. The lowest BCUT2D eigenvalue weighted by Gasteiger charge is -2.15. The van der Waals surface area contributed by atoms with E-state index in [4.69, 9.17) is 9.47 Å². The van der Waals surface area contributed by atoms with Crippen LogP contribution in [0.1, 0.15) is 29.0 Å². The van der Waals surface area contributed by atoms with Crippen LogP contribution in [0.25, 0.3) is 0 Å². The van der Waals surface area contributed by atoms with Gasteiger partial charge in [0.25, 0.3) is 0 Å². The Labute approximate surface area is 193 Å². The largest absolute Gasteiger partial charge is 0.491 e. The Morgan fingerprint density at radius 2 is 1.90 bits per heavy atom. The molecule has 2 N–H and O–H groups in total. The molecule has 0 bridgehead atoms. The molecular formula is C22H28F2IN3O2. The van der Waals surface area contributed by atoms with Gasteiger partial charge in [0.15, 0.2) is 5.96 Å². The van der Waals surface area contributed by atoms with E-state index < -0.39 is 11.6 Å². The molecule has 164 valence electrons. The number of rotatable bonds is 8. The van der Waals surface area contributed by atoms with Gasteiger partial charge in [-0.25, -0.2) is 8.78 Å². The highest BCUT2D eigenvalue weighted by atomic mass is 127. The van der Waals surface area contributed by atoms with Crippen molar-refractivity contribution in [3.8, 4) is 5.75 Å². The zero-order valence-electron chi connectivity index (χ0n) is 17.4. The predicted molar refractivity (Wildman–Crippen MR) is 125 cm³/mol. The zero-order valence-corrected chi connectivity index (χ0v) is 19.7. The molecule has 2 unspecified atom stereocenters. The van der Waals surface area contributed by atoms with Crippen molar-refractivity contribution in [2.45, 2.75) is 31.8 Å². The van der Waals surface area contributed by atoms with Gasteiger partial charge in [0.05, 0.1) is 6.61 Å². The van der Waals surface area contributed by atoms with E-state index in [2.05, 4.69) is 15.6 Å². The molecule has 1 aliphatic rings. The van der Waals surface area contributed by atoms with Crippen LogP contribution in [-0.4, -0.2) is 39.4 Å². The van der Waals surface area contributed by atoms with Crippen molar-refractivity contribution in [2.24, 2.45) is 4.99 Å². The maximum absolute atomic E-state index is 14.0. The molecule has 0 heterocycles. The minimum atomic E-state index is -0.500. The van der Waals surface area contributed by atoms with Crippen molar-refractivity contribution in [3.05, 3.63) is 64.7 Å². The van der Waals surface area contributed by atoms with Crippen molar-refractivity contribution in [1.82, 2.24) is 10.6 Å². The van der Waals surface area contributed by atoms with Crippen molar-refractivity contribution >= 4 is 29.9 Å². The third-order valence-corrected chi connectivity index (χ3v) is 4.92. The lowest BCUT2D eigenvalue weighted by atomic mass is 10.1. The van der Waals surface area contributed by atoms with E-state index in [9.17, 15) is 8.78 Å². The summed E-state index contributed by atoms with van der Waals surface area (Å²) in [5.74, 6) is 0.182. The first kappa shape index (κ1) is 24.3. The van der Waals surface area contributed by atoms with Gasteiger partial charge in [-0.05, 0) is 37.1 Å². The Morgan fingerprint density at radius 1 is 1.17 bits per heavy atom. The van der Waals surface area contributed by atoms with E-state index >= 15 is 0 Å². The highest BCUT2D eigenvalue weighted by Crippen LogP contribution is 2.43. The number of hydrogen-bond donors (Lipinski definition) is 2. The van der Waals surface area contributed by atoms with Crippen molar-refractivity contribution in [2.75, 3.05) is 27.4 Å². The average molecular weight is 531 g/mol. The van der Waals surface area contributed by atoms with Crippen molar-refractivity contribution in [1.29, 1.82) is 0 Å². The second-order valence-electron chi connectivity index (χ2n) is 7.11. The van der Waals surface area contributed by atoms with Crippen LogP contribution >= 0.6 is 24.0 Å². The van der Waals surface area contributed by atoms with Gasteiger partial charge in [0, 0.05) is 43.8 Å². The Morgan fingerprint density at radius 3 is 2.57 bits per heavy atom. The van der Waals surface area contributed by atoms with Crippen LogP contribution in [0.5, 0.6) is 5.75 Å². The third kappa shape index (κ3) is 6.28. The molecule has 0 aromatic heterocycles. The number of halogens is 3. The van der Waals surface area contributed by atoms with E-state index in [1.54, 1.807) is 14.2 Å². The topological polar surface area (TPSA) is 54.9 Å². The zero-order chi connectivity index (χ0) is 20.8. The Balaban J connectivity index is 0.00000320. The van der Waals surface area contributed by atoms with E-state index in [0.29, 0.717) is 32.1 Å². The first-order valence-corrected chi connectivity index (χ1v) is 9.65. The molecule has 2 aromatic carbocycles. The summed E-state index contributed by atoms with van der Waals surface area (Å²) in [5, 5.41) is 6.49. The first-order valence-electron chi connectivity index (χ1n) is 9.65. The smallest absolute Gasteiger partial charge is 0.191 e. The molecule has 1 fully saturated rings. The number of aryl methyl sites for hydroxylation is 1. The summed E-state index contributed by atoms with van der Waals surface area (Å²) in [6, 6.07) is 9.93. The van der Waals surface area contributed by atoms with Crippen LogP contribution in [0.3, 0.4) is 0 Å². The van der Waals surface area contributed by atoms with Gasteiger partial charge in [-0.2, -0.15) is 0 Å². The molecular weight excluding hydrogens is 503 g/mol. The van der Waals surface area contributed by atoms with Gasteiger partial charge in [0.1, 0.15) is 24.0 Å². The normalized spacial score (nSPS) is 17.8. The summed E-state index contributed by atoms with van der Waals surface area (Å²) in [4.78, 5) is 4.22. The number of guanidine groups is 1. The van der Waals surface area contributed by atoms with Crippen molar-refractivity contribution < 1.29 is 18.3 Å². The standard InChI is InChI=1S/C22H27F2N3O2.HI/c1-14-7-8-15(20(11-14)29-10-9-28-3)13-26-22(25-2)27-19-12-16(19)21-17(23)5-4-6-18(21)24;/h4-8,11,16,19H,9-10,12-13H2,1-3H3,(H2,25,26,27);1H. The molecule has 8 heteroatoms. The summed E-state index contributed by atoms with van der Waals surface area (Å²) >= 11 is 0. The fourth-order valence-corrected chi connectivity index (χ4v) is 3.26. The molecule has 2 aromatic rings. The molecule has 0 radical (unpaired) electrons. The molecule has 0 aliphatic heterocycles. The molecule has 1 saturated carbocycles. The fourth-order valence-electron chi connectivity index (χ4n) is 3.26. The van der Waals surface area contributed by atoms with Gasteiger partial charge < -0.3 is 20.1 Å². The number of benzene rings is 2. The highest BCUT2D eigenvalue weighted by Gasteiger charge is 2.42. The van der Waals surface area contributed by atoms with Crippen LogP contribution in [-0.2, 0) is 11.3 Å². The molecule has 5 nitrogen and oxygen atoms in total. The van der Waals surface area contributed by atoms with E-state index in [0.717, 1.165) is 16.9 Å². The Bertz CT molecular complexity index is 859. The lowest BCUT2D eigenvalue weighted by molar-refractivity contribution is 0.145. The minimum Gasteiger partial charge on any atom is -0.491 e. The first-order chi connectivity index (χ1) is 14.0. The Hall–Kier alpha value is -1.94. The van der Waals surface area contributed by atoms with Crippen LogP contribution < -0.4 is 15.4 Å². The van der Waals surface area contributed by atoms with Gasteiger partial charge in [0.2, 0.25) is 0 Å². The minimum absolute atomic E-state index is 0. The molecule has 30 heavy (non-hydrogen) atoms. The lowest BCUT2D eigenvalue weighted by Crippen LogP contribution is -2.38. The third-order valence-electron chi connectivity index (χ3n) is 4.92. The monoisotopic (exact) mass is 531 g/mol. The maximum atomic E-state index is 14.0. The maximum Gasteiger partial charge on any atom is 0.191 e. The van der Waals surface area contributed by atoms with E-state index in [1.165, 1.54) is 18.2 Å². The number of methoxy groups -OCH3 is 1. The molecule has 1 aliphatic carbocycles. The van der Waals surface area contributed by atoms with Gasteiger partial charge in [-0.1, -0.05) is 18.2 Å². The van der Waals surface area contributed by atoms with Crippen molar-refractivity contribution in [3.63, 3.8) is 0 Å². The predicted octanol–water partition coefficient (Wildman–Crippen LogP) is 4.14. The van der Waals surface area contributed by atoms with Crippen LogP contribution in [0.4, 0.5) is 8.78 Å². The fraction of sp³-hybridized carbons (Fsp3) is 0.409. The van der Waals surface area contributed by atoms with Crippen LogP contribution in [0, 0.1) is 18.6 Å². The van der Waals surface area contributed by atoms with Gasteiger partial charge in [-0.15, -0.1) is 24.0 Å². The second-order valence-corrected chi connectivity index (χ2v) is 7.11. The van der Waals surface area contributed by atoms with Crippen LogP contribution in [0.2, 0.25) is 0 Å². The number of ether oxygens (including phenoxy) is 2. The molecule has 0 spiro atoms. The van der Waals surface area contributed by atoms with Crippen LogP contribution in [0.15, 0.2) is 41.4 Å². The summed E-state index contributed by atoms with van der Waals surface area (Å²) in [6.45, 7) is 3.50. The molecule has 3 rings (SSSR count).